The number of carbonyl (C=O) groups is 1. The average molecular weight is 313 g/mol. The van der Waals surface area contributed by atoms with Gasteiger partial charge in [-0.05, 0) is 37.6 Å². The maximum absolute atomic E-state index is 12.7. The van der Waals surface area contributed by atoms with Crippen molar-refractivity contribution in [2.45, 2.75) is 26.4 Å². The Morgan fingerprint density at radius 2 is 1.95 bits per heavy atom. The summed E-state index contributed by atoms with van der Waals surface area (Å²) in [5, 5.41) is 12.7. The third-order valence-corrected chi connectivity index (χ3v) is 2.86. The highest BCUT2D eigenvalue weighted by molar-refractivity contribution is 6.03. The quantitative estimate of drug-likeness (QED) is 0.591. The van der Waals surface area contributed by atoms with E-state index in [9.17, 15) is 18.0 Å². The number of aryl methyl sites for hydroxylation is 1. The van der Waals surface area contributed by atoms with Gasteiger partial charge in [0.15, 0.2) is 0 Å². The number of hydrogen-bond donors (Lipinski definition) is 3. The highest BCUT2D eigenvalue weighted by Gasteiger charge is 2.30. The lowest BCUT2D eigenvalue weighted by atomic mass is 10.0. The zero-order chi connectivity index (χ0) is 16.9. The normalized spacial score (nSPS) is 12.0. The summed E-state index contributed by atoms with van der Waals surface area (Å²) in [6.07, 6.45) is -3.26. The number of carbonyl (C=O) groups excluding carboxylic acids is 1. The van der Waals surface area contributed by atoms with E-state index in [1.807, 2.05) is 0 Å². The minimum absolute atomic E-state index is 0.124. The van der Waals surface area contributed by atoms with Crippen molar-refractivity contribution in [3.05, 3.63) is 46.7 Å². The SMILES string of the molecule is CN/C(C)=C\C(=N)NC(=O)Cc1cc(C)cc(C(F)(F)F)c1. The van der Waals surface area contributed by atoms with Crippen LogP contribution in [0, 0.1) is 12.3 Å². The number of amides is 1. The van der Waals surface area contributed by atoms with E-state index in [-0.39, 0.29) is 17.8 Å². The molecule has 7 heteroatoms. The molecule has 0 saturated carbocycles. The van der Waals surface area contributed by atoms with Crippen LogP contribution in [0.2, 0.25) is 0 Å². The molecule has 1 aromatic carbocycles. The zero-order valence-electron chi connectivity index (χ0n) is 12.6. The molecule has 0 aromatic heterocycles. The second kappa shape index (κ2) is 7.11. The maximum atomic E-state index is 12.7. The molecule has 0 atom stereocenters. The molecule has 1 rings (SSSR count). The van der Waals surface area contributed by atoms with E-state index < -0.39 is 17.6 Å². The van der Waals surface area contributed by atoms with Gasteiger partial charge >= 0.3 is 6.18 Å². The number of allylic oxidation sites excluding steroid dienone is 1. The number of amidine groups is 1. The Morgan fingerprint density at radius 3 is 2.50 bits per heavy atom. The van der Waals surface area contributed by atoms with Crippen LogP contribution in [0.3, 0.4) is 0 Å². The Kier molecular flexibility index (Phi) is 5.73. The number of nitrogens with one attached hydrogen (secondary N) is 3. The fourth-order valence-electron chi connectivity index (χ4n) is 1.83. The Hall–Kier alpha value is -2.31. The summed E-state index contributed by atoms with van der Waals surface area (Å²) >= 11 is 0. The van der Waals surface area contributed by atoms with Gasteiger partial charge in [0, 0.05) is 12.7 Å². The molecule has 1 amide bonds. The molecule has 3 N–H and O–H groups in total. The van der Waals surface area contributed by atoms with E-state index in [1.165, 1.54) is 19.1 Å². The molecule has 120 valence electrons. The molecule has 22 heavy (non-hydrogen) atoms. The Labute approximate surface area is 126 Å². The molecule has 0 unspecified atom stereocenters. The molecule has 0 saturated heterocycles. The van der Waals surface area contributed by atoms with Crippen LogP contribution in [-0.4, -0.2) is 18.8 Å². The molecule has 4 nitrogen and oxygen atoms in total. The molecule has 0 heterocycles. The van der Waals surface area contributed by atoms with Crippen molar-refractivity contribution in [3.8, 4) is 0 Å². The van der Waals surface area contributed by atoms with Gasteiger partial charge in [0.25, 0.3) is 0 Å². The monoisotopic (exact) mass is 313 g/mol. The van der Waals surface area contributed by atoms with Crippen molar-refractivity contribution in [3.63, 3.8) is 0 Å². The van der Waals surface area contributed by atoms with Crippen LogP contribution >= 0.6 is 0 Å². The molecular formula is C15H18F3N3O. The van der Waals surface area contributed by atoms with Gasteiger partial charge in [-0.15, -0.1) is 0 Å². The summed E-state index contributed by atoms with van der Waals surface area (Å²) in [7, 11) is 1.67. The van der Waals surface area contributed by atoms with Crippen molar-refractivity contribution >= 4 is 11.7 Å². The fraction of sp³-hybridized carbons (Fsp3) is 0.333. The molecule has 0 fully saturated rings. The van der Waals surface area contributed by atoms with E-state index in [1.54, 1.807) is 14.0 Å². The van der Waals surface area contributed by atoms with E-state index in [4.69, 9.17) is 5.41 Å². The first-order chi connectivity index (χ1) is 10.1. The first-order valence-electron chi connectivity index (χ1n) is 6.54. The lowest BCUT2D eigenvalue weighted by Crippen LogP contribution is -2.30. The van der Waals surface area contributed by atoms with Gasteiger partial charge in [0.05, 0.1) is 12.0 Å². The summed E-state index contributed by atoms with van der Waals surface area (Å²) in [6.45, 7) is 3.26. The summed E-state index contributed by atoms with van der Waals surface area (Å²) < 4.78 is 38.2. The van der Waals surface area contributed by atoms with E-state index >= 15 is 0 Å². The maximum Gasteiger partial charge on any atom is 0.416 e. The molecule has 0 aliphatic heterocycles. The van der Waals surface area contributed by atoms with Gasteiger partial charge < -0.3 is 10.6 Å². The fourth-order valence-corrected chi connectivity index (χ4v) is 1.83. The average Bonchev–Trinajstić information content (AvgIpc) is 2.36. The third kappa shape index (κ3) is 5.59. The van der Waals surface area contributed by atoms with Gasteiger partial charge in [-0.3, -0.25) is 10.2 Å². The summed E-state index contributed by atoms with van der Waals surface area (Å²) in [5.41, 5.74) is 0.585. The number of hydrogen-bond acceptors (Lipinski definition) is 3. The van der Waals surface area contributed by atoms with Crippen molar-refractivity contribution in [2.75, 3.05) is 7.05 Å². The highest BCUT2D eigenvalue weighted by atomic mass is 19.4. The van der Waals surface area contributed by atoms with Crippen molar-refractivity contribution < 1.29 is 18.0 Å². The largest absolute Gasteiger partial charge is 0.416 e. The zero-order valence-corrected chi connectivity index (χ0v) is 12.6. The molecular weight excluding hydrogens is 295 g/mol. The Balaban J connectivity index is 2.81. The van der Waals surface area contributed by atoms with Crippen molar-refractivity contribution in [1.29, 1.82) is 5.41 Å². The van der Waals surface area contributed by atoms with Crippen LogP contribution < -0.4 is 10.6 Å². The Morgan fingerprint density at radius 1 is 1.32 bits per heavy atom. The molecule has 0 bridgehead atoms. The summed E-state index contributed by atoms with van der Waals surface area (Å²) in [5.74, 6) is -0.663. The minimum atomic E-state index is -4.45. The highest BCUT2D eigenvalue weighted by Crippen LogP contribution is 2.30. The van der Waals surface area contributed by atoms with Crippen molar-refractivity contribution in [2.24, 2.45) is 0 Å². The van der Waals surface area contributed by atoms with Gasteiger partial charge in [-0.2, -0.15) is 13.2 Å². The smallest absolute Gasteiger partial charge is 0.392 e. The van der Waals surface area contributed by atoms with Crippen LogP contribution in [0.15, 0.2) is 30.0 Å². The number of rotatable bonds is 4. The van der Waals surface area contributed by atoms with E-state index in [0.717, 1.165) is 12.1 Å². The van der Waals surface area contributed by atoms with Gasteiger partial charge in [0.2, 0.25) is 5.91 Å². The standard InChI is InChI=1S/C15H18F3N3O/c1-9-4-11(7-12(5-9)15(16,17)18)8-14(22)21-13(19)6-10(2)20-3/h4-7,20H,8H2,1-3H3,(H2,19,21,22)/b10-6-. The molecule has 0 aliphatic rings. The van der Waals surface area contributed by atoms with Crippen LogP contribution in [0.4, 0.5) is 13.2 Å². The first-order valence-corrected chi connectivity index (χ1v) is 6.54. The second-order valence-corrected chi connectivity index (χ2v) is 4.92. The number of halogens is 3. The topological polar surface area (TPSA) is 65.0 Å². The van der Waals surface area contributed by atoms with Crippen LogP contribution in [0.25, 0.3) is 0 Å². The molecule has 0 spiro atoms. The molecule has 0 aliphatic carbocycles. The van der Waals surface area contributed by atoms with Gasteiger partial charge in [-0.1, -0.05) is 11.6 Å². The minimum Gasteiger partial charge on any atom is -0.392 e. The number of alkyl halides is 3. The first kappa shape index (κ1) is 17.7. The van der Waals surface area contributed by atoms with Crippen LogP contribution in [-0.2, 0) is 17.4 Å². The molecule has 1 aromatic rings. The Bertz CT molecular complexity index is 607. The lowest BCUT2D eigenvalue weighted by molar-refractivity contribution is -0.137. The van der Waals surface area contributed by atoms with Gasteiger partial charge in [-0.25, -0.2) is 0 Å². The summed E-state index contributed by atoms with van der Waals surface area (Å²) in [6, 6.07) is 3.50. The number of benzene rings is 1. The van der Waals surface area contributed by atoms with E-state index in [0.29, 0.717) is 11.3 Å². The van der Waals surface area contributed by atoms with E-state index in [2.05, 4.69) is 10.6 Å². The predicted molar refractivity (Wildman–Crippen MR) is 78.6 cm³/mol. The van der Waals surface area contributed by atoms with Crippen LogP contribution in [0.5, 0.6) is 0 Å². The second-order valence-electron chi connectivity index (χ2n) is 4.92. The molecule has 0 radical (unpaired) electrons. The third-order valence-electron chi connectivity index (χ3n) is 2.86. The van der Waals surface area contributed by atoms with Crippen LogP contribution in [0.1, 0.15) is 23.6 Å². The van der Waals surface area contributed by atoms with Gasteiger partial charge in [0.1, 0.15) is 5.84 Å². The van der Waals surface area contributed by atoms with Crippen molar-refractivity contribution in [1.82, 2.24) is 10.6 Å². The predicted octanol–water partition coefficient (Wildman–Crippen LogP) is 2.77. The lowest BCUT2D eigenvalue weighted by Gasteiger charge is -2.11. The summed E-state index contributed by atoms with van der Waals surface area (Å²) in [4.78, 5) is 11.8.